The Bertz CT molecular complexity index is 621. The van der Waals surface area contributed by atoms with E-state index in [2.05, 4.69) is 30.1 Å². The Labute approximate surface area is 135 Å². The summed E-state index contributed by atoms with van der Waals surface area (Å²) in [5, 5.41) is 4.16. The molecule has 2 heterocycles. The lowest BCUT2D eigenvalue weighted by molar-refractivity contribution is -0.125. The van der Waals surface area contributed by atoms with Gasteiger partial charge in [-0.1, -0.05) is 30.4 Å². The van der Waals surface area contributed by atoms with Crippen LogP contribution in [0.3, 0.4) is 0 Å². The highest BCUT2D eigenvalue weighted by Gasteiger charge is 2.27. The number of carbonyl (C=O) groups excluding carboxylic acids is 1. The lowest BCUT2D eigenvalue weighted by atomic mass is 9.97. The summed E-state index contributed by atoms with van der Waals surface area (Å²) >= 11 is 1.72. The topological polar surface area (TPSA) is 45.2 Å². The molecular weight excluding hydrogens is 294 g/mol. The van der Waals surface area contributed by atoms with E-state index in [9.17, 15) is 4.79 Å². The SMILES string of the molecule is CC[C@@H](C)NC(=O)[C@H]1CCCN(c2nc3ccccc3s2)C1. The number of piperidine rings is 1. The van der Waals surface area contributed by atoms with Gasteiger partial charge in [-0.25, -0.2) is 4.98 Å². The van der Waals surface area contributed by atoms with E-state index in [0.29, 0.717) is 0 Å². The quantitative estimate of drug-likeness (QED) is 0.939. The van der Waals surface area contributed by atoms with Crippen molar-refractivity contribution in [3.05, 3.63) is 24.3 Å². The van der Waals surface area contributed by atoms with E-state index >= 15 is 0 Å². The van der Waals surface area contributed by atoms with Gasteiger partial charge in [-0.3, -0.25) is 4.79 Å². The van der Waals surface area contributed by atoms with Gasteiger partial charge in [0, 0.05) is 19.1 Å². The van der Waals surface area contributed by atoms with Crippen LogP contribution in [0, 0.1) is 5.92 Å². The normalized spacial score (nSPS) is 20.1. The predicted molar refractivity (Wildman–Crippen MR) is 92.5 cm³/mol. The van der Waals surface area contributed by atoms with E-state index in [1.807, 2.05) is 18.2 Å². The first-order chi connectivity index (χ1) is 10.7. The molecule has 0 unspecified atom stereocenters. The molecule has 22 heavy (non-hydrogen) atoms. The van der Waals surface area contributed by atoms with E-state index < -0.39 is 0 Å². The highest BCUT2D eigenvalue weighted by atomic mass is 32.1. The van der Waals surface area contributed by atoms with Crippen LogP contribution in [0.1, 0.15) is 33.1 Å². The fraction of sp³-hybridized carbons (Fsp3) is 0.529. The number of hydrogen-bond acceptors (Lipinski definition) is 4. The zero-order chi connectivity index (χ0) is 15.5. The Morgan fingerprint density at radius 2 is 2.32 bits per heavy atom. The van der Waals surface area contributed by atoms with Crippen molar-refractivity contribution in [2.24, 2.45) is 5.92 Å². The molecule has 0 spiro atoms. The number of hydrogen-bond donors (Lipinski definition) is 1. The first kappa shape index (κ1) is 15.3. The van der Waals surface area contributed by atoms with Gasteiger partial charge in [0.15, 0.2) is 5.13 Å². The summed E-state index contributed by atoms with van der Waals surface area (Å²) in [5.74, 6) is 0.273. The van der Waals surface area contributed by atoms with Gasteiger partial charge in [0.1, 0.15) is 0 Å². The van der Waals surface area contributed by atoms with Crippen LogP contribution in [0.25, 0.3) is 10.2 Å². The fourth-order valence-corrected chi connectivity index (χ4v) is 3.82. The van der Waals surface area contributed by atoms with Crippen molar-refractivity contribution in [2.45, 2.75) is 39.2 Å². The maximum atomic E-state index is 12.4. The Hall–Kier alpha value is -1.62. The molecule has 1 N–H and O–H groups in total. The number of rotatable bonds is 4. The molecule has 1 aliphatic heterocycles. The van der Waals surface area contributed by atoms with Gasteiger partial charge in [0.2, 0.25) is 5.91 Å². The summed E-state index contributed by atoms with van der Waals surface area (Å²) in [7, 11) is 0. The molecule has 0 bridgehead atoms. The number of amides is 1. The Morgan fingerprint density at radius 1 is 1.50 bits per heavy atom. The minimum absolute atomic E-state index is 0.0785. The molecule has 5 heteroatoms. The molecule has 0 saturated carbocycles. The highest BCUT2D eigenvalue weighted by molar-refractivity contribution is 7.22. The molecule has 1 aliphatic rings. The zero-order valence-corrected chi connectivity index (χ0v) is 14.0. The molecule has 4 nitrogen and oxygen atoms in total. The summed E-state index contributed by atoms with van der Waals surface area (Å²) in [4.78, 5) is 19.4. The van der Waals surface area contributed by atoms with Gasteiger partial charge in [0.05, 0.1) is 16.1 Å². The van der Waals surface area contributed by atoms with Crippen molar-refractivity contribution >= 4 is 32.6 Å². The van der Waals surface area contributed by atoms with E-state index in [4.69, 9.17) is 4.98 Å². The molecule has 2 aromatic rings. The molecule has 0 radical (unpaired) electrons. The van der Waals surface area contributed by atoms with Crippen molar-refractivity contribution in [2.75, 3.05) is 18.0 Å². The van der Waals surface area contributed by atoms with E-state index in [0.717, 1.165) is 43.0 Å². The monoisotopic (exact) mass is 317 g/mol. The summed E-state index contributed by atoms with van der Waals surface area (Å²) in [6, 6.07) is 8.47. The van der Waals surface area contributed by atoms with Gasteiger partial charge < -0.3 is 10.2 Å². The van der Waals surface area contributed by atoms with E-state index in [1.54, 1.807) is 11.3 Å². The van der Waals surface area contributed by atoms with Crippen LogP contribution in [0.5, 0.6) is 0 Å². The molecular formula is C17H23N3OS. The maximum absolute atomic E-state index is 12.4. The second-order valence-corrected chi connectivity index (χ2v) is 7.08. The Balaban J connectivity index is 1.71. The second-order valence-electron chi connectivity index (χ2n) is 6.07. The maximum Gasteiger partial charge on any atom is 0.225 e. The minimum Gasteiger partial charge on any atom is -0.353 e. The Kier molecular flexibility index (Phi) is 4.62. The van der Waals surface area contributed by atoms with Crippen molar-refractivity contribution in [3.8, 4) is 0 Å². The first-order valence-corrected chi connectivity index (χ1v) is 8.90. The van der Waals surface area contributed by atoms with Crippen LogP contribution in [-0.4, -0.2) is 30.0 Å². The van der Waals surface area contributed by atoms with Crippen LogP contribution >= 0.6 is 11.3 Å². The largest absolute Gasteiger partial charge is 0.353 e. The number of carbonyl (C=O) groups is 1. The average Bonchev–Trinajstić information content (AvgIpc) is 2.99. The molecule has 1 aromatic carbocycles. The van der Waals surface area contributed by atoms with Crippen molar-refractivity contribution in [1.29, 1.82) is 0 Å². The molecule has 3 rings (SSSR count). The summed E-state index contributed by atoms with van der Waals surface area (Å²) < 4.78 is 1.21. The third-order valence-electron chi connectivity index (χ3n) is 4.35. The smallest absolute Gasteiger partial charge is 0.225 e. The van der Waals surface area contributed by atoms with Gasteiger partial charge in [-0.05, 0) is 38.3 Å². The number of anilines is 1. The van der Waals surface area contributed by atoms with Crippen molar-refractivity contribution < 1.29 is 4.79 Å². The Morgan fingerprint density at radius 3 is 3.09 bits per heavy atom. The van der Waals surface area contributed by atoms with E-state index in [-0.39, 0.29) is 17.9 Å². The standard InChI is InChI=1S/C17H23N3OS/c1-3-12(2)18-16(21)13-7-6-10-20(11-13)17-19-14-8-4-5-9-15(14)22-17/h4-5,8-9,12-13H,3,6-7,10-11H2,1-2H3,(H,18,21)/t12-,13+/m1/s1. The van der Waals surface area contributed by atoms with Gasteiger partial charge >= 0.3 is 0 Å². The van der Waals surface area contributed by atoms with Crippen LogP contribution in [0.4, 0.5) is 5.13 Å². The van der Waals surface area contributed by atoms with Crippen LogP contribution < -0.4 is 10.2 Å². The number of aromatic nitrogens is 1. The first-order valence-electron chi connectivity index (χ1n) is 8.08. The molecule has 1 saturated heterocycles. The molecule has 1 amide bonds. The highest BCUT2D eigenvalue weighted by Crippen LogP contribution is 2.31. The summed E-state index contributed by atoms with van der Waals surface area (Å²) in [6.07, 6.45) is 3.00. The average molecular weight is 317 g/mol. The van der Waals surface area contributed by atoms with Crippen molar-refractivity contribution in [3.63, 3.8) is 0 Å². The van der Waals surface area contributed by atoms with Crippen LogP contribution in [-0.2, 0) is 4.79 Å². The zero-order valence-electron chi connectivity index (χ0n) is 13.2. The van der Waals surface area contributed by atoms with Gasteiger partial charge in [-0.2, -0.15) is 0 Å². The number of nitrogens with one attached hydrogen (secondary N) is 1. The second kappa shape index (κ2) is 6.65. The number of thiazole rings is 1. The number of nitrogens with zero attached hydrogens (tertiary/aromatic N) is 2. The molecule has 118 valence electrons. The number of para-hydroxylation sites is 1. The van der Waals surface area contributed by atoms with Crippen LogP contribution in [0.15, 0.2) is 24.3 Å². The molecule has 0 aliphatic carbocycles. The summed E-state index contributed by atoms with van der Waals surface area (Å²) in [6.45, 7) is 5.93. The minimum atomic E-state index is 0.0785. The summed E-state index contributed by atoms with van der Waals surface area (Å²) in [5.41, 5.74) is 1.05. The van der Waals surface area contributed by atoms with E-state index in [1.165, 1.54) is 4.70 Å². The molecule has 1 fully saturated rings. The predicted octanol–water partition coefficient (Wildman–Crippen LogP) is 3.43. The van der Waals surface area contributed by atoms with Gasteiger partial charge in [0.25, 0.3) is 0 Å². The van der Waals surface area contributed by atoms with Crippen molar-refractivity contribution in [1.82, 2.24) is 10.3 Å². The third kappa shape index (κ3) is 3.24. The number of benzene rings is 1. The molecule has 2 atom stereocenters. The van der Waals surface area contributed by atoms with Gasteiger partial charge in [-0.15, -0.1) is 0 Å². The fourth-order valence-electron chi connectivity index (χ4n) is 2.82. The van der Waals surface area contributed by atoms with Crippen LogP contribution in [0.2, 0.25) is 0 Å². The number of fused-ring (bicyclic) bond motifs is 1. The lowest BCUT2D eigenvalue weighted by Crippen LogP contribution is -2.45. The molecule has 1 aromatic heterocycles. The third-order valence-corrected chi connectivity index (χ3v) is 5.44. The lowest BCUT2D eigenvalue weighted by Gasteiger charge is -2.32.